The van der Waals surface area contributed by atoms with Crippen LogP contribution in [0.15, 0.2) is 59.5 Å². The van der Waals surface area contributed by atoms with Crippen LogP contribution in [0.25, 0.3) is 6.08 Å². The lowest BCUT2D eigenvalue weighted by molar-refractivity contribution is -0.123. The smallest absolute Gasteiger partial charge is 0.266 e. The maximum atomic E-state index is 12.7. The highest BCUT2D eigenvalue weighted by molar-refractivity contribution is 8.26. The molecule has 30 heavy (non-hydrogen) atoms. The third-order valence-corrected chi connectivity index (χ3v) is 5.88. The molecule has 1 N–H and O–H groups in total. The first-order valence-corrected chi connectivity index (χ1v) is 11.1. The molecule has 2 amide bonds. The quantitative estimate of drug-likeness (QED) is 0.471. The van der Waals surface area contributed by atoms with Crippen LogP contribution in [-0.4, -0.2) is 40.7 Å². The van der Waals surface area contributed by atoms with Crippen LogP contribution in [-0.2, 0) is 16.0 Å². The summed E-state index contributed by atoms with van der Waals surface area (Å²) in [6.07, 6.45) is 2.81. The second-order valence-corrected chi connectivity index (χ2v) is 8.35. The Balaban J connectivity index is 1.49. The third-order valence-electron chi connectivity index (χ3n) is 4.50. The van der Waals surface area contributed by atoms with Gasteiger partial charge in [-0.25, -0.2) is 0 Å². The van der Waals surface area contributed by atoms with Crippen molar-refractivity contribution < 1.29 is 14.3 Å². The molecular weight excluding hydrogens is 416 g/mol. The number of ether oxygens (including phenoxy) is 1. The minimum Gasteiger partial charge on any atom is -0.494 e. The van der Waals surface area contributed by atoms with Gasteiger partial charge >= 0.3 is 0 Å². The summed E-state index contributed by atoms with van der Waals surface area (Å²) in [5, 5.41) is 2.90. The number of amides is 2. The molecule has 1 aliphatic heterocycles. The molecule has 0 spiro atoms. The summed E-state index contributed by atoms with van der Waals surface area (Å²) < 4.78 is 5.91. The Bertz CT molecular complexity index is 927. The van der Waals surface area contributed by atoms with Gasteiger partial charge in [-0.15, -0.1) is 0 Å². The number of nitrogens with zero attached hydrogens (tertiary/aromatic N) is 1. The molecule has 1 fully saturated rings. The molecule has 0 radical (unpaired) electrons. The second-order valence-electron chi connectivity index (χ2n) is 6.67. The minimum atomic E-state index is -0.157. The number of carbonyl (C=O) groups excluding carboxylic acids is 2. The second kappa shape index (κ2) is 10.9. The first-order valence-electron chi connectivity index (χ1n) is 9.85. The molecule has 5 nitrogen and oxygen atoms in total. The van der Waals surface area contributed by atoms with Gasteiger partial charge in [0.25, 0.3) is 5.91 Å². The normalized spacial score (nSPS) is 15.0. The van der Waals surface area contributed by atoms with Crippen LogP contribution in [0.2, 0.25) is 0 Å². The fourth-order valence-electron chi connectivity index (χ4n) is 2.96. The van der Waals surface area contributed by atoms with E-state index in [1.807, 2.05) is 67.6 Å². The summed E-state index contributed by atoms with van der Waals surface area (Å²) in [5.41, 5.74) is 2.08. The predicted octanol–water partition coefficient (Wildman–Crippen LogP) is 4.04. The summed E-state index contributed by atoms with van der Waals surface area (Å²) in [6, 6.07) is 17.5. The summed E-state index contributed by atoms with van der Waals surface area (Å²) in [4.78, 5) is 26.9. The number of hydrogen-bond acceptors (Lipinski definition) is 5. The van der Waals surface area contributed by atoms with E-state index in [9.17, 15) is 9.59 Å². The highest BCUT2D eigenvalue weighted by atomic mass is 32.2. The van der Waals surface area contributed by atoms with Crippen molar-refractivity contribution in [3.8, 4) is 5.75 Å². The number of thiocarbonyl (C=S) groups is 1. The molecule has 1 aliphatic rings. The molecule has 7 heteroatoms. The Morgan fingerprint density at radius 1 is 1.17 bits per heavy atom. The van der Waals surface area contributed by atoms with Crippen LogP contribution in [0, 0.1) is 0 Å². The summed E-state index contributed by atoms with van der Waals surface area (Å²) in [5.74, 6) is 0.548. The van der Waals surface area contributed by atoms with Crippen molar-refractivity contribution in [1.29, 1.82) is 0 Å². The first-order chi connectivity index (χ1) is 14.6. The average Bonchev–Trinajstić information content (AvgIpc) is 3.01. The molecule has 156 valence electrons. The number of hydrogen-bond donors (Lipinski definition) is 1. The lowest BCUT2D eigenvalue weighted by Gasteiger charge is -2.14. The molecule has 1 heterocycles. The Hall–Kier alpha value is -2.64. The largest absolute Gasteiger partial charge is 0.494 e. The fourth-order valence-corrected chi connectivity index (χ4v) is 4.27. The maximum absolute atomic E-state index is 12.7. The van der Waals surface area contributed by atoms with Gasteiger partial charge in [-0.2, -0.15) is 0 Å². The van der Waals surface area contributed by atoms with E-state index in [4.69, 9.17) is 17.0 Å². The van der Waals surface area contributed by atoms with Crippen molar-refractivity contribution in [3.63, 3.8) is 0 Å². The van der Waals surface area contributed by atoms with E-state index >= 15 is 0 Å². The summed E-state index contributed by atoms with van der Waals surface area (Å²) in [7, 11) is 0. The lowest BCUT2D eigenvalue weighted by Crippen LogP contribution is -2.34. The van der Waals surface area contributed by atoms with Crippen LogP contribution < -0.4 is 10.1 Å². The molecule has 0 unspecified atom stereocenters. The van der Waals surface area contributed by atoms with Crippen LogP contribution in [0.1, 0.15) is 24.5 Å². The van der Waals surface area contributed by atoms with Crippen molar-refractivity contribution in [2.24, 2.45) is 0 Å². The molecule has 0 aromatic heterocycles. The number of rotatable bonds is 9. The monoisotopic (exact) mass is 440 g/mol. The van der Waals surface area contributed by atoms with Gasteiger partial charge in [0.1, 0.15) is 10.1 Å². The van der Waals surface area contributed by atoms with Crippen LogP contribution >= 0.6 is 24.0 Å². The topological polar surface area (TPSA) is 58.6 Å². The highest BCUT2D eigenvalue weighted by Crippen LogP contribution is 2.32. The zero-order valence-electron chi connectivity index (χ0n) is 16.8. The van der Waals surface area contributed by atoms with E-state index in [-0.39, 0.29) is 24.8 Å². The van der Waals surface area contributed by atoms with Gasteiger partial charge in [0.05, 0.1) is 11.5 Å². The predicted molar refractivity (Wildman–Crippen MR) is 125 cm³/mol. The minimum absolute atomic E-state index is 0.0875. The van der Waals surface area contributed by atoms with Gasteiger partial charge in [-0.05, 0) is 42.7 Å². The van der Waals surface area contributed by atoms with Crippen LogP contribution in [0.4, 0.5) is 0 Å². The van der Waals surface area contributed by atoms with Gasteiger partial charge in [-0.3, -0.25) is 14.5 Å². The number of nitrogens with one attached hydrogen (secondary N) is 1. The Morgan fingerprint density at radius 3 is 2.60 bits per heavy atom. The molecule has 1 saturated heterocycles. The van der Waals surface area contributed by atoms with Gasteiger partial charge in [-0.1, -0.05) is 66.4 Å². The third kappa shape index (κ3) is 6.18. The molecule has 2 aromatic carbocycles. The standard InChI is InChI=1S/C23H24N2O3S2/c1-2-28-19-10-8-18(9-11-19)16-20-22(27)25(23(29)30-20)15-13-21(26)24-14-12-17-6-4-3-5-7-17/h3-11,16H,2,12-15H2,1H3,(H,24,26). The Morgan fingerprint density at radius 2 is 1.90 bits per heavy atom. The maximum Gasteiger partial charge on any atom is 0.266 e. The Kier molecular flexibility index (Phi) is 8.04. The summed E-state index contributed by atoms with van der Waals surface area (Å²) in [6.45, 7) is 3.39. The zero-order valence-corrected chi connectivity index (χ0v) is 18.4. The van der Waals surface area contributed by atoms with E-state index in [1.54, 1.807) is 0 Å². The molecule has 0 saturated carbocycles. The first kappa shape index (κ1) is 22.1. The van der Waals surface area contributed by atoms with Gasteiger partial charge in [0, 0.05) is 19.5 Å². The SMILES string of the molecule is CCOc1ccc(C=C2SC(=S)N(CCC(=O)NCCc3ccccc3)C2=O)cc1. The highest BCUT2D eigenvalue weighted by Gasteiger charge is 2.32. The fraction of sp³-hybridized carbons (Fsp3) is 0.261. The molecule has 0 bridgehead atoms. The molecule has 0 atom stereocenters. The van der Waals surface area contributed by atoms with Crippen molar-refractivity contribution in [1.82, 2.24) is 10.2 Å². The van der Waals surface area contributed by atoms with Crippen molar-refractivity contribution in [2.75, 3.05) is 19.7 Å². The van der Waals surface area contributed by atoms with Gasteiger partial charge in [0.15, 0.2) is 0 Å². The van der Waals surface area contributed by atoms with E-state index < -0.39 is 0 Å². The summed E-state index contributed by atoms with van der Waals surface area (Å²) >= 11 is 6.61. The van der Waals surface area contributed by atoms with Gasteiger partial charge in [0.2, 0.25) is 5.91 Å². The van der Waals surface area contributed by atoms with Crippen molar-refractivity contribution in [2.45, 2.75) is 19.8 Å². The van der Waals surface area contributed by atoms with Gasteiger partial charge < -0.3 is 10.1 Å². The number of thioether (sulfide) groups is 1. The number of carbonyl (C=O) groups is 2. The molecule has 0 aliphatic carbocycles. The van der Waals surface area contributed by atoms with E-state index in [0.29, 0.717) is 22.4 Å². The van der Waals surface area contributed by atoms with Crippen molar-refractivity contribution >= 4 is 46.2 Å². The number of benzene rings is 2. The molecular formula is C23H24N2O3S2. The van der Waals surface area contributed by atoms with Crippen molar-refractivity contribution in [3.05, 3.63) is 70.6 Å². The van der Waals surface area contributed by atoms with E-state index in [0.717, 1.165) is 17.7 Å². The Labute approximate surface area is 186 Å². The lowest BCUT2D eigenvalue weighted by atomic mass is 10.1. The van der Waals surface area contributed by atoms with E-state index in [1.165, 1.54) is 22.2 Å². The molecule has 3 rings (SSSR count). The average molecular weight is 441 g/mol. The van der Waals surface area contributed by atoms with Crippen LogP contribution in [0.3, 0.4) is 0 Å². The molecule has 2 aromatic rings. The van der Waals surface area contributed by atoms with Crippen LogP contribution in [0.5, 0.6) is 5.75 Å². The zero-order chi connectivity index (χ0) is 21.3. The van der Waals surface area contributed by atoms with E-state index in [2.05, 4.69) is 5.32 Å².